The highest BCUT2D eigenvalue weighted by Crippen LogP contribution is 2.20. The van der Waals surface area contributed by atoms with E-state index < -0.39 is 0 Å². The second-order valence-electron chi connectivity index (χ2n) is 5.01. The maximum Gasteiger partial charge on any atom is 0.156 e. The molecule has 0 radical (unpaired) electrons. The predicted octanol–water partition coefficient (Wildman–Crippen LogP) is 2.13. The third-order valence-electron chi connectivity index (χ3n) is 3.33. The summed E-state index contributed by atoms with van der Waals surface area (Å²) in [7, 11) is 0. The first-order valence-electron chi connectivity index (χ1n) is 6.27. The number of hydrogen-bond donors (Lipinski definition) is 1. The van der Waals surface area contributed by atoms with Gasteiger partial charge in [-0.15, -0.1) is 0 Å². The first kappa shape index (κ1) is 12.2. The lowest BCUT2D eigenvalue weighted by Crippen LogP contribution is -2.31. The lowest BCUT2D eigenvalue weighted by atomic mass is 10.1. The fourth-order valence-corrected chi connectivity index (χ4v) is 3.24. The average molecular weight is 242 g/mol. The molecular formula is C12H22N2OS. The molecule has 0 aliphatic carbocycles. The van der Waals surface area contributed by atoms with E-state index in [1.807, 2.05) is 11.8 Å². The summed E-state index contributed by atoms with van der Waals surface area (Å²) in [4.78, 5) is 4.63. The molecule has 2 rings (SSSR count). The Morgan fingerprint density at radius 3 is 3.06 bits per heavy atom. The van der Waals surface area contributed by atoms with Gasteiger partial charge in [-0.2, -0.15) is 0 Å². The molecule has 2 atom stereocenters. The summed E-state index contributed by atoms with van der Waals surface area (Å²) in [5, 5.41) is 4.65. The summed E-state index contributed by atoms with van der Waals surface area (Å²) in [5.41, 5.74) is 0. The predicted molar refractivity (Wildman–Crippen MR) is 70.1 cm³/mol. The highest BCUT2D eigenvalue weighted by molar-refractivity contribution is 8.14. The Hall–Kier alpha value is -0.220. The summed E-state index contributed by atoms with van der Waals surface area (Å²) in [6, 6.07) is 0.610. The van der Waals surface area contributed by atoms with Gasteiger partial charge < -0.3 is 10.1 Å². The summed E-state index contributed by atoms with van der Waals surface area (Å²) < 4.78 is 5.36. The molecule has 0 aromatic rings. The van der Waals surface area contributed by atoms with Crippen LogP contribution in [0.15, 0.2) is 4.99 Å². The van der Waals surface area contributed by atoms with E-state index in [-0.39, 0.29) is 0 Å². The minimum Gasteiger partial charge on any atom is -0.381 e. The maximum absolute atomic E-state index is 5.36. The number of amidine groups is 1. The highest BCUT2D eigenvalue weighted by Gasteiger charge is 2.22. The first-order valence-corrected chi connectivity index (χ1v) is 7.26. The molecule has 0 aromatic carbocycles. The lowest BCUT2D eigenvalue weighted by Gasteiger charge is -2.13. The van der Waals surface area contributed by atoms with Crippen molar-refractivity contribution in [3.63, 3.8) is 0 Å². The molecule has 2 aliphatic heterocycles. The fourth-order valence-electron chi connectivity index (χ4n) is 2.02. The zero-order chi connectivity index (χ0) is 11.4. The Kier molecular flexibility index (Phi) is 4.53. The molecule has 2 saturated heterocycles. The third-order valence-corrected chi connectivity index (χ3v) is 4.38. The van der Waals surface area contributed by atoms with Crippen molar-refractivity contribution in [2.75, 3.05) is 25.5 Å². The van der Waals surface area contributed by atoms with Crippen LogP contribution in [0.4, 0.5) is 0 Å². The Balaban J connectivity index is 1.68. The van der Waals surface area contributed by atoms with Gasteiger partial charge in [-0.1, -0.05) is 25.6 Å². The number of nitrogens with zero attached hydrogens (tertiary/aromatic N) is 1. The van der Waals surface area contributed by atoms with Crippen molar-refractivity contribution in [2.24, 2.45) is 16.8 Å². The standard InChI is InChI=1S/C12H22N2OS/c1-9(2)11-8-16-12(14-11)13-5-3-10-4-6-15-7-10/h9-11H,3-8H2,1-2H3,(H,13,14). The van der Waals surface area contributed by atoms with E-state index in [4.69, 9.17) is 4.74 Å². The number of hydrogen-bond acceptors (Lipinski definition) is 3. The normalized spacial score (nSPS) is 32.6. The van der Waals surface area contributed by atoms with Crippen LogP contribution in [0.5, 0.6) is 0 Å². The van der Waals surface area contributed by atoms with Gasteiger partial charge in [0.25, 0.3) is 0 Å². The van der Waals surface area contributed by atoms with Crippen molar-refractivity contribution in [1.29, 1.82) is 0 Å². The topological polar surface area (TPSA) is 33.6 Å². The van der Waals surface area contributed by atoms with Crippen molar-refractivity contribution in [1.82, 2.24) is 5.32 Å². The van der Waals surface area contributed by atoms with Crippen LogP contribution in [0, 0.1) is 11.8 Å². The third kappa shape index (κ3) is 3.39. The van der Waals surface area contributed by atoms with Gasteiger partial charge in [-0.05, 0) is 24.7 Å². The number of ether oxygens (including phenoxy) is 1. The Morgan fingerprint density at radius 2 is 2.44 bits per heavy atom. The number of nitrogens with one attached hydrogen (secondary N) is 1. The summed E-state index contributed by atoms with van der Waals surface area (Å²) in [5.74, 6) is 2.61. The molecular weight excluding hydrogens is 220 g/mol. The highest BCUT2D eigenvalue weighted by atomic mass is 32.2. The van der Waals surface area contributed by atoms with Crippen LogP contribution in [0.1, 0.15) is 26.7 Å². The van der Waals surface area contributed by atoms with Crippen molar-refractivity contribution in [3.05, 3.63) is 0 Å². The summed E-state index contributed by atoms with van der Waals surface area (Å²) in [6.45, 7) is 7.37. The van der Waals surface area contributed by atoms with E-state index in [1.165, 1.54) is 18.6 Å². The zero-order valence-electron chi connectivity index (χ0n) is 10.2. The average Bonchev–Trinajstić information content (AvgIpc) is 2.87. The van der Waals surface area contributed by atoms with E-state index in [0.29, 0.717) is 12.0 Å². The molecule has 0 amide bonds. The van der Waals surface area contributed by atoms with Crippen molar-refractivity contribution in [3.8, 4) is 0 Å². The van der Waals surface area contributed by atoms with Crippen LogP contribution in [0.2, 0.25) is 0 Å². The van der Waals surface area contributed by atoms with Gasteiger partial charge in [0.15, 0.2) is 5.17 Å². The Morgan fingerprint density at radius 1 is 1.56 bits per heavy atom. The molecule has 2 unspecified atom stereocenters. The Labute approximate surface area is 102 Å². The van der Waals surface area contributed by atoms with Gasteiger partial charge >= 0.3 is 0 Å². The molecule has 4 heteroatoms. The van der Waals surface area contributed by atoms with Gasteiger partial charge in [-0.3, -0.25) is 4.99 Å². The van der Waals surface area contributed by atoms with E-state index in [9.17, 15) is 0 Å². The van der Waals surface area contributed by atoms with E-state index >= 15 is 0 Å². The first-order chi connectivity index (χ1) is 7.75. The lowest BCUT2D eigenvalue weighted by molar-refractivity contribution is 0.184. The molecule has 2 aliphatic rings. The molecule has 0 bridgehead atoms. The van der Waals surface area contributed by atoms with Crippen molar-refractivity contribution < 1.29 is 4.74 Å². The smallest absolute Gasteiger partial charge is 0.156 e. The van der Waals surface area contributed by atoms with Crippen LogP contribution < -0.4 is 5.32 Å². The zero-order valence-corrected chi connectivity index (χ0v) is 11.1. The molecule has 1 N–H and O–H groups in total. The van der Waals surface area contributed by atoms with Crippen LogP contribution in [-0.2, 0) is 4.74 Å². The van der Waals surface area contributed by atoms with Gasteiger partial charge in [-0.25, -0.2) is 0 Å². The summed E-state index contributed by atoms with van der Waals surface area (Å²) in [6.07, 6.45) is 2.40. The van der Waals surface area contributed by atoms with E-state index in [2.05, 4.69) is 24.2 Å². The monoisotopic (exact) mass is 242 g/mol. The molecule has 2 heterocycles. The second-order valence-corrected chi connectivity index (χ2v) is 6.02. The van der Waals surface area contributed by atoms with Crippen molar-refractivity contribution in [2.45, 2.75) is 32.7 Å². The van der Waals surface area contributed by atoms with Gasteiger partial charge in [0.05, 0.1) is 0 Å². The molecule has 3 nitrogen and oxygen atoms in total. The number of rotatable bonds is 4. The molecule has 0 aromatic heterocycles. The van der Waals surface area contributed by atoms with Crippen LogP contribution >= 0.6 is 11.8 Å². The maximum atomic E-state index is 5.36. The largest absolute Gasteiger partial charge is 0.381 e. The van der Waals surface area contributed by atoms with Crippen LogP contribution in [0.3, 0.4) is 0 Å². The summed E-state index contributed by atoms with van der Waals surface area (Å²) >= 11 is 1.87. The number of thioether (sulfide) groups is 1. The quantitative estimate of drug-likeness (QED) is 0.820. The van der Waals surface area contributed by atoms with Gasteiger partial charge in [0.1, 0.15) is 0 Å². The van der Waals surface area contributed by atoms with Crippen molar-refractivity contribution >= 4 is 16.9 Å². The Bertz CT molecular complexity index is 249. The van der Waals surface area contributed by atoms with E-state index in [0.717, 1.165) is 30.8 Å². The molecule has 0 spiro atoms. The SMILES string of the molecule is CC(C)C1CSC(=NCCC2CCOC2)N1. The molecule has 92 valence electrons. The van der Waals surface area contributed by atoms with E-state index in [1.54, 1.807) is 0 Å². The second kappa shape index (κ2) is 5.92. The minimum atomic E-state index is 0.610. The van der Waals surface area contributed by atoms with Crippen LogP contribution in [-0.4, -0.2) is 36.7 Å². The van der Waals surface area contributed by atoms with Crippen LogP contribution in [0.25, 0.3) is 0 Å². The number of aliphatic imine (C=N–C) groups is 1. The van der Waals surface area contributed by atoms with Gasteiger partial charge in [0.2, 0.25) is 0 Å². The minimum absolute atomic E-state index is 0.610. The molecule has 16 heavy (non-hydrogen) atoms. The molecule has 0 saturated carbocycles. The molecule has 2 fully saturated rings. The fraction of sp³-hybridized carbons (Fsp3) is 0.917. The van der Waals surface area contributed by atoms with Gasteiger partial charge in [0, 0.05) is 31.6 Å².